The number of thiophene rings is 1. The van der Waals surface area contributed by atoms with Gasteiger partial charge in [-0.15, -0.1) is 11.3 Å². The fourth-order valence-electron chi connectivity index (χ4n) is 2.31. The lowest BCUT2D eigenvalue weighted by atomic mass is 10.2. The highest BCUT2D eigenvalue weighted by Crippen LogP contribution is 2.22. The zero-order valence-electron chi connectivity index (χ0n) is 13.4. The lowest BCUT2D eigenvalue weighted by Gasteiger charge is -2.17. The van der Waals surface area contributed by atoms with Gasteiger partial charge in [0.1, 0.15) is 17.7 Å². The number of anilines is 1. The quantitative estimate of drug-likeness (QED) is 0.672. The van der Waals surface area contributed by atoms with E-state index in [1.54, 1.807) is 23.1 Å². The smallest absolute Gasteiger partial charge is 0.313 e. The summed E-state index contributed by atoms with van der Waals surface area (Å²) in [6, 6.07) is 7.92. The van der Waals surface area contributed by atoms with Crippen LogP contribution < -0.4 is 10.6 Å². The number of nitrogens with one attached hydrogen (secondary N) is 2. The van der Waals surface area contributed by atoms with Crippen molar-refractivity contribution in [2.45, 2.75) is 6.04 Å². The van der Waals surface area contributed by atoms with Crippen molar-refractivity contribution in [3.63, 3.8) is 0 Å². The zero-order chi connectivity index (χ0) is 18.5. The molecule has 2 amide bonds. The fourth-order valence-corrected chi connectivity index (χ4v) is 3.13. The summed E-state index contributed by atoms with van der Waals surface area (Å²) in [4.78, 5) is 24.9. The van der Waals surface area contributed by atoms with Crippen LogP contribution in [0.15, 0.2) is 54.2 Å². The highest BCUT2D eigenvalue weighted by Gasteiger charge is 2.20. The second-order valence-corrected chi connectivity index (χ2v) is 6.28. The number of rotatable bonds is 5. The summed E-state index contributed by atoms with van der Waals surface area (Å²) in [5.41, 5.74) is -0.270. The summed E-state index contributed by atoms with van der Waals surface area (Å²) in [6.07, 6.45) is 3.37. The molecule has 0 aliphatic carbocycles. The van der Waals surface area contributed by atoms with Crippen molar-refractivity contribution < 1.29 is 18.4 Å². The Morgan fingerprint density at radius 1 is 1.19 bits per heavy atom. The first-order chi connectivity index (χ1) is 12.5. The number of nitrogens with zero attached hydrogens (tertiary/aromatic N) is 2. The van der Waals surface area contributed by atoms with Gasteiger partial charge in [-0.1, -0.05) is 6.07 Å². The maximum atomic E-state index is 13.6. The van der Waals surface area contributed by atoms with Crippen LogP contribution in [0, 0.1) is 11.6 Å². The van der Waals surface area contributed by atoms with Crippen molar-refractivity contribution in [3.8, 4) is 0 Å². The fraction of sp³-hybridized carbons (Fsp3) is 0.118. The predicted molar refractivity (Wildman–Crippen MR) is 92.7 cm³/mol. The third-order valence-electron chi connectivity index (χ3n) is 3.56. The molecule has 0 aliphatic rings. The van der Waals surface area contributed by atoms with Crippen LogP contribution in [0.3, 0.4) is 0 Å². The second kappa shape index (κ2) is 7.87. The number of aromatic nitrogens is 2. The Morgan fingerprint density at radius 3 is 2.69 bits per heavy atom. The molecule has 1 aromatic carbocycles. The molecule has 6 nitrogen and oxygen atoms in total. The first-order valence-electron chi connectivity index (χ1n) is 7.61. The molecule has 134 valence electrons. The molecule has 1 atom stereocenters. The van der Waals surface area contributed by atoms with Crippen molar-refractivity contribution in [2.75, 3.05) is 11.9 Å². The number of benzene rings is 1. The van der Waals surface area contributed by atoms with Gasteiger partial charge in [-0.05, 0) is 29.6 Å². The second-order valence-electron chi connectivity index (χ2n) is 5.31. The molecule has 9 heteroatoms. The maximum absolute atomic E-state index is 13.6. The van der Waals surface area contributed by atoms with Crippen LogP contribution in [-0.4, -0.2) is 28.1 Å². The molecule has 0 aliphatic heterocycles. The molecule has 0 spiro atoms. The van der Waals surface area contributed by atoms with Gasteiger partial charge in [0.05, 0.1) is 5.69 Å². The van der Waals surface area contributed by atoms with Crippen molar-refractivity contribution in [1.82, 2.24) is 15.1 Å². The van der Waals surface area contributed by atoms with E-state index in [-0.39, 0.29) is 18.3 Å². The minimum absolute atomic E-state index is 0.125. The van der Waals surface area contributed by atoms with Crippen LogP contribution >= 0.6 is 11.3 Å². The summed E-state index contributed by atoms with van der Waals surface area (Å²) in [7, 11) is 0. The minimum atomic E-state index is -1.04. The highest BCUT2D eigenvalue weighted by molar-refractivity contribution is 7.10. The van der Waals surface area contributed by atoms with Gasteiger partial charge in [0, 0.05) is 29.9 Å². The van der Waals surface area contributed by atoms with Crippen molar-refractivity contribution in [3.05, 3.63) is 70.7 Å². The molecule has 0 bridgehead atoms. The number of amides is 2. The number of carbonyl (C=O) groups is 2. The standard InChI is InChI=1S/C17H14F2N4O2S/c18-11-4-5-13(12(19)9-11)22-17(25)16(24)20-10-14(15-3-1-8-26-15)23-7-2-6-21-23/h1-9,14H,10H2,(H,20,24)(H,22,25). The zero-order valence-corrected chi connectivity index (χ0v) is 14.2. The number of hydrogen-bond acceptors (Lipinski definition) is 4. The molecular weight excluding hydrogens is 362 g/mol. The average molecular weight is 376 g/mol. The van der Waals surface area contributed by atoms with E-state index in [9.17, 15) is 18.4 Å². The summed E-state index contributed by atoms with van der Waals surface area (Å²) in [6.45, 7) is 0.125. The van der Waals surface area contributed by atoms with Crippen molar-refractivity contribution in [2.24, 2.45) is 0 Å². The molecular formula is C17H14F2N4O2S. The Kier molecular flexibility index (Phi) is 5.37. The van der Waals surface area contributed by atoms with Crippen LogP contribution in [0.5, 0.6) is 0 Å². The highest BCUT2D eigenvalue weighted by atomic mass is 32.1. The molecule has 2 aromatic heterocycles. The largest absolute Gasteiger partial charge is 0.345 e. The lowest BCUT2D eigenvalue weighted by molar-refractivity contribution is -0.136. The first kappa shape index (κ1) is 17.7. The Hall–Kier alpha value is -3.07. The number of carbonyl (C=O) groups excluding carboxylic acids is 2. The van der Waals surface area contributed by atoms with Gasteiger partial charge in [-0.25, -0.2) is 8.78 Å². The van der Waals surface area contributed by atoms with Crippen LogP contribution in [0.1, 0.15) is 10.9 Å². The first-order valence-corrected chi connectivity index (χ1v) is 8.49. The molecule has 1 unspecified atom stereocenters. The summed E-state index contributed by atoms with van der Waals surface area (Å²) < 4.78 is 28.1. The average Bonchev–Trinajstić information content (AvgIpc) is 3.31. The molecule has 0 saturated carbocycles. The van der Waals surface area contributed by atoms with Gasteiger partial charge in [0.25, 0.3) is 0 Å². The molecule has 3 aromatic rings. The summed E-state index contributed by atoms with van der Waals surface area (Å²) >= 11 is 1.50. The third kappa shape index (κ3) is 4.12. The van der Waals surface area contributed by atoms with E-state index in [1.165, 1.54) is 11.3 Å². The van der Waals surface area contributed by atoms with Crippen molar-refractivity contribution in [1.29, 1.82) is 0 Å². The molecule has 26 heavy (non-hydrogen) atoms. The Morgan fingerprint density at radius 2 is 2.04 bits per heavy atom. The van der Waals surface area contributed by atoms with E-state index >= 15 is 0 Å². The van der Waals surface area contributed by atoms with E-state index in [1.807, 2.05) is 17.5 Å². The Bertz CT molecular complexity index is 863. The molecule has 3 rings (SSSR count). The van der Waals surface area contributed by atoms with Crippen LogP contribution in [-0.2, 0) is 9.59 Å². The van der Waals surface area contributed by atoms with Gasteiger partial charge in [-0.2, -0.15) is 5.10 Å². The summed E-state index contributed by atoms with van der Waals surface area (Å²) in [5.74, 6) is -3.70. The van der Waals surface area contributed by atoms with Gasteiger partial charge in [0.15, 0.2) is 0 Å². The third-order valence-corrected chi connectivity index (χ3v) is 4.53. The monoisotopic (exact) mass is 376 g/mol. The SMILES string of the molecule is O=C(NCC(c1cccs1)n1cccn1)C(=O)Nc1ccc(F)cc1F. The molecule has 2 N–H and O–H groups in total. The summed E-state index contributed by atoms with van der Waals surface area (Å²) in [5, 5.41) is 10.7. The van der Waals surface area contributed by atoms with E-state index in [0.717, 1.165) is 17.0 Å². The predicted octanol–water partition coefficient (Wildman–Crippen LogP) is 2.57. The molecule has 0 radical (unpaired) electrons. The Labute approximate surface area is 151 Å². The van der Waals surface area contributed by atoms with Gasteiger partial charge in [-0.3, -0.25) is 14.3 Å². The van der Waals surface area contributed by atoms with E-state index in [0.29, 0.717) is 6.07 Å². The number of hydrogen-bond donors (Lipinski definition) is 2. The molecule has 0 saturated heterocycles. The molecule has 2 heterocycles. The maximum Gasteiger partial charge on any atom is 0.313 e. The number of halogens is 2. The lowest BCUT2D eigenvalue weighted by Crippen LogP contribution is -2.39. The van der Waals surface area contributed by atoms with Crippen LogP contribution in [0.4, 0.5) is 14.5 Å². The minimum Gasteiger partial charge on any atom is -0.345 e. The topological polar surface area (TPSA) is 76.0 Å². The molecule has 0 fully saturated rings. The Balaban J connectivity index is 1.64. The van der Waals surface area contributed by atoms with E-state index < -0.39 is 23.4 Å². The van der Waals surface area contributed by atoms with Crippen LogP contribution in [0.25, 0.3) is 0 Å². The van der Waals surface area contributed by atoms with E-state index in [4.69, 9.17) is 0 Å². The van der Waals surface area contributed by atoms with Gasteiger partial charge < -0.3 is 10.6 Å². The van der Waals surface area contributed by atoms with Crippen molar-refractivity contribution >= 4 is 28.8 Å². The van der Waals surface area contributed by atoms with Gasteiger partial charge >= 0.3 is 11.8 Å². The van der Waals surface area contributed by atoms with E-state index in [2.05, 4.69) is 15.7 Å². The van der Waals surface area contributed by atoms with Gasteiger partial charge in [0.2, 0.25) is 0 Å². The normalized spacial score (nSPS) is 11.8. The van der Waals surface area contributed by atoms with Crippen LogP contribution in [0.2, 0.25) is 0 Å².